The predicted molar refractivity (Wildman–Crippen MR) is 177 cm³/mol. The van der Waals surface area contributed by atoms with Crippen molar-refractivity contribution in [1.29, 1.82) is 0 Å². The highest BCUT2D eigenvalue weighted by molar-refractivity contribution is 7.98. The van der Waals surface area contributed by atoms with E-state index >= 15 is 4.39 Å². The van der Waals surface area contributed by atoms with Crippen molar-refractivity contribution >= 4 is 23.8 Å². The lowest BCUT2D eigenvalue weighted by Crippen LogP contribution is -2.57. The Morgan fingerprint density at radius 3 is 2.79 bits per heavy atom. The Bertz CT molecular complexity index is 1850. The zero-order valence-electron chi connectivity index (χ0n) is 27.1. The largest absolute Gasteiger partial charge is 0.511 e. The first-order valence-electron chi connectivity index (χ1n) is 16.2. The molecular weight excluding hydrogens is 637 g/mol. The van der Waals surface area contributed by atoms with E-state index in [4.69, 9.17) is 18.9 Å². The lowest BCUT2D eigenvalue weighted by Gasteiger charge is -2.47. The smallest absolute Gasteiger partial charge is 0.451 e. The van der Waals surface area contributed by atoms with Gasteiger partial charge in [-0.2, -0.15) is 0 Å². The number of hydrogen-bond donors (Lipinski definition) is 1. The molecule has 0 aliphatic carbocycles. The predicted octanol–water partition coefficient (Wildman–Crippen LogP) is 6.16. The second kappa shape index (κ2) is 12.6. The number of halogens is 1. The summed E-state index contributed by atoms with van der Waals surface area (Å²) in [6.45, 7) is 9.39. The maximum atomic E-state index is 15.7. The van der Waals surface area contributed by atoms with Crippen molar-refractivity contribution in [3.05, 3.63) is 105 Å². The van der Waals surface area contributed by atoms with Crippen LogP contribution in [-0.2, 0) is 20.0 Å². The number of rotatable bonds is 7. The zero-order valence-corrected chi connectivity index (χ0v) is 27.9. The van der Waals surface area contributed by atoms with Gasteiger partial charge in [0.2, 0.25) is 18.0 Å². The molecule has 0 radical (unpaired) electrons. The number of benzene rings is 2. The lowest BCUT2D eigenvalue weighted by atomic mass is 9.68. The Balaban J connectivity index is 1.30. The van der Waals surface area contributed by atoms with Crippen LogP contribution in [0.2, 0.25) is 0 Å². The van der Waals surface area contributed by atoms with Crippen molar-refractivity contribution in [3.63, 3.8) is 0 Å². The van der Waals surface area contributed by atoms with E-state index in [2.05, 4.69) is 12.0 Å². The van der Waals surface area contributed by atoms with Gasteiger partial charge in [-0.3, -0.25) is 14.3 Å². The van der Waals surface area contributed by atoms with Crippen LogP contribution in [0.15, 0.2) is 76.6 Å². The minimum Gasteiger partial charge on any atom is -0.451 e. The van der Waals surface area contributed by atoms with E-state index in [-0.39, 0.29) is 35.1 Å². The normalized spacial score (nSPS) is 25.5. The molecule has 1 spiro atoms. The molecule has 3 fully saturated rings. The second-order valence-corrected chi connectivity index (χ2v) is 14.0. The van der Waals surface area contributed by atoms with Crippen molar-refractivity contribution in [2.75, 3.05) is 18.8 Å². The molecule has 252 valence electrons. The first-order chi connectivity index (χ1) is 23.1. The summed E-state index contributed by atoms with van der Waals surface area (Å²) < 4.78 is 39.4. The first kappa shape index (κ1) is 32.3. The summed E-state index contributed by atoms with van der Waals surface area (Å²) in [6.07, 6.45) is 2.49. The minimum atomic E-state index is -0.975. The van der Waals surface area contributed by atoms with Gasteiger partial charge in [-0.15, -0.1) is 11.8 Å². The number of carbonyl (C=O) groups excluding carboxylic acids is 2. The van der Waals surface area contributed by atoms with E-state index in [0.29, 0.717) is 24.3 Å². The van der Waals surface area contributed by atoms with Crippen LogP contribution in [0.4, 0.5) is 9.18 Å². The van der Waals surface area contributed by atoms with Crippen molar-refractivity contribution < 1.29 is 32.9 Å². The quantitative estimate of drug-likeness (QED) is 0.179. The second-order valence-electron chi connectivity index (χ2n) is 13.0. The molecule has 4 aliphatic rings. The van der Waals surface area contributed by atoms with Crippen LogP contribution in [-0.4, -0.2) is 58.8 Å². The molecule has 0 saturated carbocycles. The van der Waals surface area contributed by atoms with E-state index in [9.17, 15) is 14.4 Å². The van der Waals surface area contributed by atoms with Crippen LogP contribution in [0.1, 0.15) is 73.3 Å². The number of hydrogen-bond acceptors (Lipinski definition) is 9. The Kier molecular flexibility index (Phi) is 8.49. The van der Waals surface area contributed by atoms with Crippen LogP contribution in [0.5, 0.6) is 5.75 Å². The Morgan fingerprint density at radius 2 is 1.98 bits per heavy atom. The van der Waals surface area contributed by atoms with Gasteiger partial charge in [0.15, 0.2) is 5.69 Å². The molecule has 2 bridgehead atoms. The van der Waals surface area contributed by atoms with E-state index in [0.717, 1.165) is 34.4 Å². The van der Waals surface area contributed by atoms with Gasteiger partial charge in [-0.05, 0) is 68.9 Å². The summed E-state index contributed by atoms with van der Waals surface area (Å²) >= 11 is 1.60. The molecule has 3 saturated heterocycles. The lowest BCUT2D eigenvalue weighted by molar-refractivity contribution is -0.0619. The average molecular weight is 676 g/mol. The van der Waals surface area contributed by atoms with E-state index in [1.807, 2.05) is 37.3 Å². The fraction of sp³-hybridized carbons (Fsp3) is 0.417. The van der Waals surface area contributed by atoms with Gasteiger partial charge in [0, 0.05) is 47.0 Å². The Hall–Kier alpha value is -4.29. The standard InChI is InChI=1S/C36H38FN3O7S/c1-20(2)46-35(43)45-19-44-33-26(41)13-16-40(32(33)34(42)39-17-15-36-14-12-27(47-36)21(3)30(36)22(39)4)38-31-24-9-5-6-11-28(24)48-18-23-8-7-10-25(37)29(23)31/h5-11,13,16,20,22,27,30-31,38H,3,12,14-15,17-19H2,1-2,4H3/t22-,27+,30-,31?,36+/m1/s1. The third kappa shape index (κ3) is 5.54. The maximum absolute atomic E-state index is 15.7. The van der Waals surface area contributed by atoms with Gasteiger partial charge in [-0.25, -0.2) is 9.18 Å². The number of pyridine rings is 1. The van der Waals surface area contributed by atoms with Crippen LogP contribution >= 0.6 is 11.8 Å². The van der Waals surface area contributed by atoms with E-state index in [1.54, 1.807) is 36.6 Å². The molecule has 5 heterocycles. The summed E-state index contributed by atoms with van der Waals surface area (Å²) in [7, 11) is 0. The number of nitrogens with zero attached hydrogens (tertiary/aromatic N) is 2. The van der Waals surface area contributed by atoms with Gasteiger partial charge in [-0.1, -0.05) is 36.9 Å². The summed E-state index contributed by atoms with van der Waals surface area (Å²) in [5.74, 6) is -0.681. The molecule has 1 aromatic heterocycles. The van der Waals surface area contributed by atoms with Crippen LogP contribution in [0.3, 0.4) is 0 Å². The van der Waals surface area contributed by atoms with Gasteiger partial charge in [0.05, 0.1) is 23.9 Å². The monoisotopic (exact) mass is 675 g/mol. The molecule has 4 aliphatic heterocycles. The number of fused-ring (bicyclic) bond motifs is 3. The van der Waals surface area contributed by atoms with Crippen LogP contribution in [0.25, 0.3) is 0 Å². The Morgan fingerprint density at radius 1 is 1.17 bits per heavy atom. The van der Waals surface area contributed by atoms with Crippen molar-refractivity contribution in [1.82, 2.24) is 9.58 Å². The van der Waals surface area contributed by atoms with Crippen LogP contribution in [0, 0.1) is 11.7 Å². The van der Waals surface area contributed by atoms with Crippen molar-refractivity contribution in [2.24, 2.45) is 5.92 Å². The molecule has 5 atom stereocenters. The summed E-state index contributed by atoms with van der Waals surface area (Å²) in [5, 5.41) is 0. The van der Waals surface area contributed by atoms with Crippen molar-refractivity contribution in [3.8, 4) is 5.75 Å². The van der Waals surface area contributed by atoms with Crippen LogP contribution < -0.4 is 15.6 Å². The number of likely N-dealkylation sites (tertiary alicyclic amines) is 1. The van der Waals surface area contributed by atoms with Gasteiger partial charge >= 0.3 is 6.16 Å². The molecule has 1 unspecified atom stereocenters. The van der Waals surface area contributed by atoms with E-state index < -0.39 is 42.2 Å². The minimum absolute atomic E-state index is 0.0196. The molecule has 3 aromatic rings. The van der Waals surface area contributed by atoms with Gasteiger partial charge in [0.25, 0.3) is 5.91 Å². The molecule has 10 nitrogen and oxygen atoms in total. The highest BCUT2D eigenvalue weighted by Gasteiger charge is 2.60. The number of amides is 1. The topological polar surface area (TPSA) is 108 Å². The SMILES string of the molecule is C=C1[C@@H]2CC[C@@]3(CCN(C(=O)c4c(OCOC(=O)OC(C)C)c(=O)ccn4NC4c5ccccc5SCc5cccc(F)c54)[C@H](C)[C@@H]13)O2. The van der Waals surface area contributed by atoms with E-state index in [1.165, 1.54) is 23.0 Å². The third-order valence-electron chi connectivity index (χ3n) is 9.88. The zero-order chi connectivity index (χ0) is 33.7. The summed E-state index contributed by atoms with van der Waals surface area (Å²) in [4.78, 5) is 43.0. The van der Waals surface area contributed by atoms with Gasteiger partial charge in [0.1, 0.15) is 5.82 Å². The Labute approximate surface area is 282 Å². The number of aromatic nitrogens is 1. The molecule has 48 heavy (non-hydrogen) atoms. The fourth-order valence-electron chi connectivity index (χ4n) is 7.80. The molecule has 12 heteroatoms. The number of nitrogens with one attached hydrogen (secondary N) is 1. The molecule has 2 aromatic carbocycles. The maximum Gasteiger partial charge on any atom is 0.511 e. The number of ether oxygens (including phenoxy) is 4. The van der Waals surface area contributed by atoms with Gasteiger partial charge < -0.3 is 29.3 Å². The summed E-state index contributed by atoms with van der Waals surface area (Å²) in [6, 6.07) is 12.9. The number of piperidine rings is 1. The summed E-state index contributed by atoms with van der Waals surface area (Å²) in [5.41, 5.74) is 5.39. The third-order valence-corrected chi connectivity index (χ3v) is 11.0. The first-order valence-corrected chi connectivity index (χ1v) is 17.2. The molecule has 1 amide bonds. The van der Waals surface area contributed by atoms with Crippen molar-refractivity contribution in [2.45, 2.75) is 80.6 Å². The highest BCUT2D eigenvalue weighted by Crippen LogP contribution is 2.56. The number of carbonyl (C=O) groups is 2. The molecule has 7 rings (SSSR count). The number of thioether (sulfide) groups is 1. The molecular formula is C36H38FN3O7S. The highest BCUT2D eigenvalue weighted by atomic mass is 32.2. The fourth-order valence-corrected chi connectivity index (χ4v) is 8.89. The molecule has 1 N–H and O–H groups in total. The average Bonchev–Trinajstić information content (AvgIpc) is 3.54.